The van der Waals surface area contributed by atoms with E-state index in [2.05, 4.69) is 56.9 Å². The second-order valence-electron chi connectivity index (χ2n) is 10.3. The molecule has 2 heterocycles. The van der Waals surface area contributed by atoms with Crippen molar-refractivity contribution in [2.24, 2.45) is 0 Å². The summed E-state index contributed by atoms with van der Waals surface area (Å²) in [5, 5.41) is 5.08. The molecule has 0 unspecified atom stereocenters. The van der Waals surface area contributed by atoms with Crippen molar-refractivity contribution in [2.75, 3.05) is 26.1 Å². The van der Waals surface area contributed by atoms with Crippen LogP contribution in [0.4, 0.5) is 5.69 Å². The Balaban J connectivity index is 1.65. The van der Waals surface area contributed by atoms with Gasteiger partial charge >= 0.3 is 0 Å². The maximum absolute atomic E-state index is 6.58. The van der Waals surface area contributed by atoms with Crippen molar-refractivity contribution in [1.29, 1.82) is 0 Å². The molecule has 1 spiro atoms. The maximum Gasteiger partial charge on any atom is 0.179 e. The molecule has 3 aromatic rings. The number of hydrogen-bond donors (Lipinski definition) is 0. The molecule has 6 nitrogen and oxygen atoms in total. The van der Waals surface area contributed by atoms with Crippen LogP contribution in [0.25, 0.3) is 16.9 Å². The molecule has 6 heteroatoms. The van der Waals surface area contributed by atoms with E-state index in [1.165, 1.54) is 5.56 Å². The second kappa shape index (κ2) is 7.34. The van der Waals surface area contributed by atoms with Crippen LogP contribution < -0.4 is 9.64 Å². The first kappa shape index (κ1) is 22.0. The highest BCUT2D eigenvalue weighted by Gasteiger charge is 2.59. The van der Waals surface area contributed by atoms with Crippen LogP contribution in [0.2, 0.25) is 0 Å². The highest BCUT2D eigenvalue weighted by molar-refractivity contribution is 5.71. The van der Waals surface area contributed by atoms with E-state index in [0.29, 0.717) is 12.8 Å². The summed E-state index contributed by atoms with van der Waals surface area (Å²) in [6.07, 6.45) is 1.29. The quantitative estimate of drug-likeness (QED) is 0.563. The third-order valence-electron chi connectivity index (χ3n) is 7.25. The normalized spacial score (nSPS) is 19.6. The molecule has 1 saturated heterocycles. The van der Waals surface area contributed by atoms with Gasteiger partial charge in [-0.15, -0.1) is 0 Å². The molecule has 1 aromatic heterocycles. The topological polar surface area (TPSA) is 48.8 Å². The summed E-state index contributed by atoms with van der Waals surface area (Å²) in [7, 11) is 5.79. The number of ether oxygens (including phenoxy) is 3. The highest BCUT2D eigenvalue weighted by atomic mass is 16.8. The van der Waals surface area contributed by atoms with E-state index in [0.717, 1.165) is 34.1 Å². The summed E-state index contributed by atoms with van der Waals surface area (Å²) in [6.45, 7) is 8.42. The number of benzene rings is 2. The molecular formula is C27H33N3O3. The SMILES string of the molecule is COc1ccccc1-n1nc2c(c1-c1ccc(N(C)C)cc1)CC1(C2)OC(C)(C)C(C)(C)O1. The van der Waals surface area contributed by atoms with Crippen molar-refractivity contribution in [2.45, 2.75) is 57.5 Å². The minimum Gasteiger partial charge on any atom is -0.494 e. The Morgan fingerprint density at radius 3 is 2.15 bits per heavy atom. The third-order valence-corrected chi connectivity index (χ3v) is 7.25. The van der Waals surface area contributed by atoms with Crippen molar-refractivity contribution in [1.82, 2.24) is 9.78 Å². The first-order valence-corrected chi connectivity index (χ1v) is 11.5. The van der Waals surface area contributed by atoms with Crippen molar-refractivity contribution >= 4 is 5.69 Å². The van der Waals surface area contributed by atoms with E-state index in [9.17, 15) is 0 Å². The zero-order chi connectivity index (χ0) is 23.6. The maximum atomic E-state index is 6.58. The van der Waals surface area contributed by atoms with Gasteiger partial charge in [-0.25, -0.2) is 4.68 Å². The standard InChI is InChI=1S/C27H33N3O3/c1-25(2)26(3,4)33-27(32-25)16-20-21(17-27)28-30(22-10-8-9-11-23(22)31-7)24(20)18-12-14-19(15-13-18)29(5)6/h8-15H,16-17H2,1-7H3. The Morgan fingerprint density at radius 2 is 1.55 bits per heavy atom. The molecule has 0 bridgehead atoms. The molecule has 33 heavy (non-hydrogen) atoms. The van der Waals surface area contributed by atoms with E-state index in [1.807, 2.05) is 43.0 Å². The minimum atomic E-state index is -0.678. The predicted molar refractivity (Wildman–Crippen MR) is 130 cm³/mol. The number of rotatable bonds is 4. The summed E-state index contributed by atoms with van der Waals surface area (Å²) >= 11 is 0. The average molecular weight is 448 g/mol. The predicted octanol–water partition coefficient (Wildman–Crippen LogP) is 5.01. The first-order valence-electron chi connectivity index (χ1n) is 11.5. The van der Waals surface area contributed by atoms with Crippen LogP contribution in [-0.2, 0) is 22.3 Å². The molecule has 5 rings (SSSR count). The van der Waals surface area contributed by atoms with E-state index in [1.54, 1.807) is 7.11 Å². The number of methoxy groups -OCH3 is 1. The lowest BCUT2D eigenvalue weighted by molar-refractivity contribution is -0.183. The first-order chi connectivity index (χ1) is 15.6. The Kier molecular flexibility index (Phi) is 4.89. The highest BCUT2D eigenvalue weighted by Crippen LogP contribution is 2.51. The largest absolute Gasteiger partial charge is 0.494 e. The fourth-order valence-electron chi connectivity index (χ4n) is 4.94. The van der Waals surface area contributed by atoms with Crippen LogP contribution in [0, 0.1) is 0 Å². The zero-order valence-electron chi connectivity index (χ0n) is 20.6. The monoisotopic (exact) mass is 447 g/mol. The van der Waals surface area contributed by atoms with Gasteiger partial charge in [0.05, 0.1) is 29.7 Å². The third kappa shape index (κ3) is 3.44. The molecule has 0 radical (unpaired) electrons. The molecule has 1 fully saturated rings. The fraction of sp³-hybridized carbons (Fsp3) is 0.444. The van der Waals surface area contributed by atoms with Crippen LogP contribution in [0.5, 0.6) is 5.75 Å². The Labute approximate surface area is 196 Å². The fourth-order valence-corrected chi connectivity index (χ4v) is 4.94. The summed E-state index contributed by atoms with van der Waals surface area (Å²) in [5.74, 6) is 0.109. The van der Waals surface area contributed by atoms with Gasteiger partial charge in [-0.1, -0.05) is 24.3 Å². The molecule has 0 N–H and O–H groups in total. The van der Waals surface area contributed by atoms with Gasteiger partial charge in [-0.3, -0.25) is 0 Å². The van der Waals surface area contributed by atoms with Crippen molar-refractivity contribution in [3.05, 3.63) is 59.8 Å². The molecular weight excluding hydrogens is 414 g/mol. The van der Waals surface area contributed by atoms with Gasteiger partial charge in [0, 0.05) is 43.8 Å². The second-order valence-corrected chi connectivity index (χ2v) is 10.3. The molecule has 1 aliphatic heterocycles. The summed E-state index contributed by atoms with van der Waals surface area (Å²) in [5.41, 5.74) is 5.66. The number of anilines is 1. The van der Waals surface area contributed by atoms with E-state index in [4.69, 9.17) is 19.3 Å². The summed E-state index contributed by atoms with van der Waals surface area (Å²) < 4.78 is 20.9. The van der Waals surface area contributed by atoms with Gasteiger partial charge in [-0.2, -0.15) is 5.10 Å². The number of nitrogens with zero attached hydrogens (tertiary/aromatic N) is 3. The van der Waals surface area contributed by atoms with Gasteiger partial charge < -0.3 is 19.1 Å². The van der Waals surface area contributed by atoms with Crippen LogP contribution >= 0.6 is 0 Å². The molecule has 174 valence electrons. The van der Waals surface area contributed by atoms with Gasteiger partial charge in [-0.05, 0) is 52.0 Å². The lowest BCUT2D eigenvalue weighted by Gasteiger charge is -2.30. The van der Waals surface area contributed by atoms with Crippen LogP contribution in [-0.4, -0.2) is 48.0 Å². The number of para-hydroxylation sites is 2. The zero-order valence-corrected chi connectivity index (χ0v) is 20.6. The molecule has 0 saturated carbocycles. The lowest BCUT2D eigenvalue weighted by atomic mass is 9.90. The molecule has 2 aromatic carbocycles. The smallest absolute Gasteiger partial charge is 0.179 e. The summed E-state index contributed by atoms with van der Waals surface area (Å²) in [6, 6.07) is 16.6. The van der Waals surface area contributed by atoms with E-state index < -0.39 is 5.79 Å². The minimum absolute atomic E-state index is 0.386. The Bertz CT molecular complexity index is 1180. The number of hydrogen-bond acceptors (Lipinski definition) is 5. The lowest BCUT2D eigenvalue weighted by Crippen LogP contribution is -2.41. The van der Waals surface area contributed by atoms with E-state index in [-0.39, 0.29) is 11.2 Å². The van der Waals surface area contributed by atoms with Crippen molar-refractivity contribution in [3.63, 3.8) is 0 Å². The van der Waals surface area contributed by atoms with Gasteiger partial charge in [0.2, 0.25) is 0 Å². The van der Waals surface area contributed by atoms with Crippen molar-refractivity contribution < 1.29 is 14.2 Å². The number of aromatic nitrogens is 2. The van der Waals surface area contributed by atoms with Crippen LogP contribution in [0.15, 0.2) is 48.5 Å². The molecule has 1 aliphatic carbocycles. The summed E-state index contributed by atoms with van der Waals surface area (Å²) in [4.78, 5) is 2.10. The van der Waals surface area contributed by atoms with Crippen molar-refractivity contribution in [3.8, 4) is 22.7 Å². The van der Waals surface area contributed by atoms with Gasteiger partial charge in [0.25, 0.3) is 0 Å². The van der Waals surface area contributed by atoms with E-state index >= 15 is 0 Å². The average Bonchev–Trinajstić information content (AvgIpc) is 3.32. The van der Waals surface area contributed by atoms with Gasteiger partial charge in [0.1, 0.15) is 11.4 Å². The Hall–Kier alpha value is -2.83. The number of fused-ring (bicyclic) bond motifs is 1. The Morgan fingerprint density at radius 1 is 0.909 bits per heavy atom. The molecule has 0 amide bonds. The molecule has 2 aliphatic rings. The molecule has 0 atom stereocenters. The van der Waals surface area contributed by atoms with Crippen LogP contribution in [0.1, 0.15) is 39.0 Å². The van der Waals surface area contributed by atoms with Gasteiger partial charge in [0.15, 0.2) is 5.79 Å². The van der Waals surface area contributed by atoms with Crippen LogP contribution in [0.3, 0.4) is 0 Å².